The number of hydrogen-bond acceptors (Lipinski definition) is 4. The van der Waals surface area contributed by atoms with E-state index < -0.39 is 0 Å². The Morgan fingerprint density at radius 1 is 0.838 bits per heavy atom. The highest BCUT2D eigenvalue weighted by atomic mass is 16.6. The second-order valence-electron chi connectivity index (χ2n) is 10.7. The number of benzene rings is 1. The minimum atomic E-state index is -0.329. The number of hydrogen-bond donors (Lipinski definition) is 1. The molecule has 1 fully saturated rings. The highest BCUT2D eigenvalue weighted by molar-refractivity contribution is 5.67. The molecular formula is C32H55NO4. The van der Waals surface area contributed by atoms with Gasteiger partial charge in [-0.05, 0) is 24.8 Å². The Labute approximate surface area is 227 Å². The Morgan fingerprint density at radius 2 is 1.41 bits per heavy atom. The van der Waals surface area contributed by atoms with Gasteiger partial charge in [0.2, 0.25) is 0 Å². The summed E-state index contributed by atoms with van der Waals surface area (Å²) in [6.07, 6.45) is 22.6. The van der Waals surface area contributed by atoms with Crippen molar-refractivity contribution < 1.29 is 19.0 Å². The SMILES string of the molecule is CCCCCCCCCCCCCCCCCCNC(=O)O[C@@H]1CCCO[C@H]1COCc1ccccc1. The van der Waals surface area contributed by atoms with Gasteiger partial charge in [0.15, 0.2) is 0 Å². The topological polar surface area (TPSA) is 56.8 Å². The summed E-state index contributed by atoms with van der Waals surface area (Å²) < 4.78 is 17.4. The number of rotatable bonds is 22. The molecule has 37 heavy (non-hydrogen) atoms. The van der Waals surface area contributed by atoms with Gasteiger partial charge < -0.3 is 19.5 Å². The average molecular weight is 518 g/mol. The van der Waals surface area contributed by atoms with Gasteiger partial charge in [0, 0.05) is 13.2 Å². The predicted molar refractivity (Wildman–Crippen MR) is 153 cm³/mol. The van der Waals surface area contributed by atoms with Crippen LogP contribution in [0.4, 0.5) is 4.79 Å². The molecule has 212 valence electrons. The summed E-state index contributed by atoms with van der Waals surface area (Å²) in [7, 11) is 0. The maximum atomic E-state index is 12.3. The molecule has 0 spiro atoms. The largest absolute Gasteiger partial charge is 0.443 e. The predicted octanol–water partition coefficient (Wildman–Crippen LogP) is 8.74. The second-order valence-corrected chi connectivity index (χ2v) is 10.7. The van der Waals surface area contributed by atoms with Crippen LogP contribution in [0.15, 0.2) is 30.3 Å². The van der Waals surface area contributed by atoms with Crippen LogP contribution >= 0.6 is 0 Å². The number of carbonyl (C=O) groups excluding carboxylic acids is 1. The van der Waals surface area contributed by atoms with Crippen LogP contribution in [0.2, 0.25) is 0 Å². The van der Waals surface area contributed by atoms with E-state index in [1.807, 2.05) is 30.3 Å². The van der Waals surface area contributed by atoms with Crippen molar-refractivity contribution in [2.24, 2.45) is 0 Å². The van der Waals surface area contributed by atoms with Crippen molar-refractivity contribution in [1.29, 1.82) is 0 Å². The van der Waals surface area contributed by atoms with Gasteiger partial charge >= 0.3 is 6.09 Å². The number of alkyl carbamates (subject to hydrolysis) is 1. The number of carbonyl (C=O) groups is 1. The van der Waals surface area contributed by atoms with E-state index in [1.54, 1.807) is 0 Å². The number of amides is 1. The molecule has 1 aromatic rings. The van der Waals surface area contributed by atoms with E-state index in [0.29, 0.717) is 26.4 Å². The van der Waals surface area contributed by atoms with E-state index in [1.165, 1.54) is 96.3 Å². The molecule has 1 aliphatic rings. The minimum absolute atomic E-state index is 0.196. The molecule has 0 unspecified atom stereocenters. The molecule has 5 heteroatoms. The smallest absolute Gasteiger partial charge is 0.407 e. The Morgan fingerprint density at radius 3 is 2.00 bits per heavy atom. The zero-order valence-electron chi connectivity index (χ0n) is 23.7. The molecule has 1 amide bonds. The van der Waals surface area contributed by atoms with Crippen molar-refractivity contribution in [3.63, 3.8) is 0 Å². The van der Waals surface area contributed by atoms with Gasteiger partial charge in [0.05, 0.1) is 13.2 Å². The van der Waals surface area contributed by atoms with Gasteiger partial charge in [-0.15, -0.1) is 0 Å². The van der Waals surface area contributed by atoms with Crippen LogP contribution < -0.4 is 5.32 Å². The molecule has 2 atom stereocenters. The van der Waals surface area contributed by atoms with Crippen LogP contribution in [0.5, 0.6) is 0 Å². The molecule has 0 aliphatic carbocycles. The fraction of sp³-hybridized carbons (Fsp3) is 0.781. The van der Waals surface area contributed by atoms with Gasteiger partial charge in [-0.25, -0.2) is 4.79 Å². The van der Waals surface area contributed by atoms with Crippen LogP contribution in [-0.4, -0.2) is 38.1 Å². The van der Waals surface area contributed by atoms with Crippen molar-refractivity contribution >= 4 is 6.09 Å². The number of nitrogens with one attached hydrogen (secondary N) is 1. The van der Waals surface area contributed by atoms with Crippen LogP contribution in [0.1, 0.15) is 128 Å². The van der Waals surface area contributed by atoms with E-state index in [-0.39, 0.29) is 18.3 Å². The third kappa shape index (κ3) is 16.8. The molecule has 1 N–H and O–H groups in total. The molecule has 1 aromatic carbocycles. The standard InChI is InChI=1S/C32H55NO4/c1-2-3-4-5-6-7-8-9-10-11-12-13-14-15-16-20-25-33-32(34)37-30-24-21-26-36-31(30)28-35-27-29-22-18-17-19-23-29/h17-19,22-23,30-31H,2-16,20-21,24-28H2,1H3,(H,33,34)/t30-,31+/m1/s1. The molecule has 2 rings (SSSR count). The lowest BCUT2D eigenvalue weighted by Crippen LogP contribution is -2.42. The summed E-state index contributed by atoms with van der Waals surface area (Å²) in [6.45, 7) is 4.63. The summed E-state index contributed by atoms with van der Waals surface area (Å²) in [5.41, 5.74) is 1.13. The summed E-state index contributed by atoms with van der Waals surface area (Å²) in [5, 5.41) is 2.92. The normalized spacial score (nSPS) is 17.5. The van der Waals surface area contributed by atoms with Crippen molar-refractivity contribution in [2.75, 3.05) is 19.8 Å². The van der Waals surface area contributed by atoms with Gasteiger partial charge in [0.25, 0.3) is 0 Å². The Bertz CT molecular complexity index is 653. The first-order valence-electron chi connectivity index (χ1n) is 15.5. The summed E-state index contributed by atoms with van der Waals surface area (Å²) >= 11 is 0. The van der Waals surface area contributed by atoms with Crippen LogP contribution in [0.25, 0.3) is 0 Å². The molecule has 0 bridgehead atoms. The monoisotopic (exact) mass is 517 g/mol. The van der Waals surface area contributed by atoms with Crippen LogP contribution in [-0.2, 0) is 20.8 Å². The minimum Gasteiger partial charge on any atom is -0.443 e. The number of ether oxygens (including phenoxy) is 3. The summed E-state index contributed by atoms with van der Waals surface area (Å²) in [4.78, 5) is 12.3. The lowest BCUT2D eigenvalue weighted by atomic mass is 10.0. The van der Waals surface area contributed by atoms with Gasteiger partial charge in [-0.1, -0.05) is 134 Å². The zero-order valence-corrected chi connectivity index (χ0v) is 23.7. The fourth-order valence-corrected chi connectivity index (χ4v) is 5.01. The lowest BCUT2D eigenvalue weighted by Gasteiger charge is -2.31. The van der Waals surface area contributed by atoms with E-state index in [2.05, 4.69) is 12.2 Å². The molecular weight excluding hydrogens is 462 g/mol. The zero-order chi connectivity index (χ0) is 26.2. The molecule has 1 saturated heterocycles. The first kappa shape index (κ1) is 31.6. The van der Waals surface area contributed by atoms with Gasteiger partial charge in [-0.2, -0.15) is 0 Å². The third-order valence-electron chi connectivity index (χ3n) is 7.33. The molecule has 5 nitrogen and oxygen atoms in total. The third-order valence-corrected chi connectivity index (χ3v) is 7.33. The van der Waals surface area contributed by atoms with Crippen molar-refractivity contribution in [3.05, 3.63) is 35.9 Å². The van der Waals surface area contributed by atoms with Crippen LogP contribution in [0.3, 0.4) is 0 Å². The Kier molecular flexibility index (Phi) is 19.1. The van der Waals surface area contributed by atoms with E-state index in [0.717, 1.165) is 24.8 Å². The summed E-state index contributed by atoms with van der Waals surface area (Å²) in [5.74, 6) is 0. The Balaban J connectivity index is 1.38. The second kappa shape index (κ2) is 22.4. The molecule has 0 aromatic heterocycles. The van der Waals surface area contributed by atoms with E-state index in [9.17, 15) is 4.79 Å². The molecule has 1 heterocycles. The van der Waals surface area contributed by atoms with Gasteiger partial charge in [-0.3, -0.25) is 0 Å². The first-order chi connectivity index (χ1) is 18.3. The van der Waals surface area contributed by atoms with Gasteiger partial charge in [0.1, 0.15) is 12.2 Å². The molecule has 1 aliphatic heterocycles. The van der Waals surface area contributed by atoms with Crippen molar-refractivity contribution in [3.8, 4) is 0 Å². The summed E-state index contributed by atoms with van der Waals surface area (Å²) in [6, 6.07) is 10.1. The highest BCUT2D eigenvalue weighted by Crippen LogP contribution is 2.19. The van der Waals surface area contributed by atoms with E-state index >= 15 is 0 Å². The highest BCUT2D eigenvalue weighted by Gasteiger charge is 2.29. The molecule has 0 radical (unpaired) electrons. The fourth-order valence-electron chi connectivity index (χ4n) is 5.01. The first-order valence-corrected chi connectivity index (χ1v) is 15.5. The van der Waals surface area contributed by atoms with Crippen LogP contribution in [0, 0.1) is 0 Å². The van der Waals surface area contributed by atoms with E-state index in [4.69, 9.17) is 14.2 Å². The van der Waals surface area contributed by atoms with Crippen molar-refractivity contribution in [2.45, 2.75) is 141 Å². The molecule has 0 saturated carbocycles. The lowest BCUT2D eigenvalue weighted by molar-refractivity contribution is -0.111. The quantitative estimate of drug-likeness (QED) is 0.156. The average Bonchev–Trinajstić information content (AvgIpc) is 2.92. The Hall–Kier alpha value is -1.59. The number of unbranched alkanes of at least 4 members (excludes halogenated alkanes) is 15. The maximum Gasteiger partial charge on any atom is 0.407 e. The van der Waals surface area contributed by atoms with Crippen molar-refractivity contribution in [1.82, 2.24) is 5.32 Å². The maximum absolute atomic E-state index is 12.3.